The molecular formula is C10H13ClIN. The molecule has 1 N–H and O–H groups in total. The zero-order valence-electron chi connectivity index (χ0n) is 7.61. The molecule has 0 aliphatic carbocycles. The molecule has 0 heterocycles. The molecule has 0 spiro atoms. The van der Waals surface area contributed by atoms with Gasteiger partial charge in [-0.15, -0.1) is 0 Å². The van der Waals surface area contributed by atoms with E-state index in [0.717, 1.165) is 28.1 Å². The number of hydrogen-bond donors (Lipinski definition) is 1. The normalized spacial score (nSPS) is 10.4. The summed E-state index contributed by atoms with van der Waals surface area (Å²) in [5.74, 6) is 0. The maximum absolute atomic E-state index is 5.92. The number of alkyl halides is 1. The van der Waals surface area contributed by atoms with Gasteiger partial charge in [0.25, 0.3) is 0 Å². The summed E-state index contributed by atoms with van der Waals surface area (Å²) >= 11 is 8.28. The van der Waals surface area contributed by atoms with Crippen LogP contribution in [0.1, 0.15) is 11.1 Å². The van der Waals surface area contributed by atoms with Gasteiger partial charge in [0.2, 0.25) is 0 Å². The first-order valence-corrected chi connectivity index (χ1v) is 6.16. The lowest BCUT2D eigenvalue weighted by atomic mass is 10.1. The lowest BCUT2D eigenvalue weighted by molar-refractivity contribution is 0.736. The van der Waals surface area contributed by atoms with Crippen molar-refractivity contribution in [2.24, 2.45) is 0 Å². The second-order valence-corrected chi connectivity index (χ2v) is 4.44. The van der Waals surface area contributed by atoms with Crippen LogP contribution in [0.3, 0.4) is 0 Å². The van der Waals surface area contributed by atoms with E-state index in [1.807, 2.05) is 13.0 Å². The Labute approximate surface area is 98.0 Å². The van der Waals surface area contributed by atoms with Gasteiger partial charge in [-0.05, 0) is 24.1 Å². The molecule has 0 atom stereocenters. The van der Waals surface area contributed by atoms with Gasteiger partial charge in [-0.1, -0.05) is 46.3 Å². The lowest BCUT2D eigenvalue weighted by Gasteiger charge is -2.04. The molecule has 0 amide bonds. The molecule has 0 aliphatic rings. The first-order valence-electron chi connectivity index (χ1n) is 4.25. The van der Waals surface area contributed by atoms with Crippen molar-refractivity contribution in [1.29, 1.82) is 0 Å². The second-order valence-electron chi connectivity index (χ2n) is 2.95. The number of halogens is 2. The van der Waals surface area contributed by atoms with E-state index in [1.165, 1.54) is 5.56 Å². The molecule has 1 nitrogen and oxygen atoms in total. The van der Waals surface area contributed by atoms with Crippen molar-refractivity contribution in [1.82, 2.24) is 5.32 Å². The van der Waals surface area contributed by atoms with E-state index in [1.54, 1.807) is 0 Å². The van der Waals surface area contributed by atoms with Gasteiger partial charge in [0.15, 0.2) is 0 Å². The zero-order chi connectivity index (χ0) is 9.68. The van der Waals surface area contributed by atoms with Crippen LogP contribution < -0.4 is 5.32 Å². The van der Waals surface area contributed by atoms with Crippen LogP contribution in [0, 0.1) is 6.92 Å². The molecule has 0 aromatic heterocycles. The Kier molecular flexibility index (Phi) is 5.06. The van der Waals surface area contributed by atoms with Crippen LogP contribution in [0.25, 0.3) is 0 Å². The molecule has 0 saturated heterocycles. The lowest BCUT2D eigenvalue weighted by Crippen LogP contribution is -2.15. The van der Waals surface area contributed by atoms with Crippen molar-refractivity contribution >= 4 is 34.2 Å². The Balaban J connectivity index is 2.53. The van der Waals surface area contributed by atoms with Gasteiger partial charge in [0.1, 0.15) is 0 Å². The molecule has 13 heavy (non-hydrogen) atoms. The Morgan fingerprint density at radius 1 is 1.46 bits per heavy atom. The third-order valence-electron chi connectivity index (χ3n) is 1.82. The fourth-order valence-electron chi connectivity index (χ4n) is 1.12. The fourth-order valence-corrected chi connectivity index (χ4v) is 1.62. The van der Waals surface area contributed by atoms with Crippen molar-refractivity contribution in [3.63, 3.8) is 0 Å². The fraction of sp³-hybridized carbons (Fsp3) is 0.400. The number of rotatable bonds is 4. The first kappa shape index (κ1) is 11.3. The molecule has 0 radical (unpaired) electrons. The summed E-state index contributed by atoms with van der Waals surface area (Å²) in [4.78, 5) is 0. The Morgan fingerprint density at radius 2 is 2.23 bits per heavy atom. The van der Waals surface area contributed by atoms with E-state index in [2.05, 4.69) is 40.0 Å². The van der Waals surface area contributed by atoms with E-state index in [-0.39, 0.29) is 0 Å². The van der Waals surface area contributed by atoms with Crippen molar-refractivity contribution in [2.45, 2.75) is 13.5 Å². The number of hydrogen-bond acceptors (Lipinski definition) is 1. The van der Waals surface area contributed by atoms with Crippen LogP contribution in [0.2, 0.25) is 5.02 Å². The summed E-state index contributed by atoms with van der Waals surface area (Å²) in [7, 11) is 0. The van der Waals surface area contributed by atoms with E-state index < -0.39 is 0 Å². The number of aryl methyl sites for hydroxylation is 1. The molecule has 72 valence electrons. The Morgan fingerprint density at radius 3 is 2.85 bits per heavy atom. The predicted molar refractivity (Wildman–Crippen MR) is 66.8 cm³/mol. The molecule has 1 rings (SSSR count). The third-order valence-corrected chi connectivity index (χ3v) is 2.79. The molecule has 0 bridgehead atoms. The molecule has 3 heteroatoms. The summed E-state index contributed by atoms with van der Waals surface area (Å²) in [6.07, 6.45) is 0. The standard InChI is InChI=1S/C10H13ClIN/c1-8-6-9(2-3-10(8)11)7-13-5-4-12/h2-3,6,13H,4-5,7H2,1H3. The minimum atomic E-state index is 0.845. The maximum Gasteiger partial charge on any atom is 0.0435 e. The van der Waals surface area contributed by atoms with Gasteiger partial charge < -0.3 is 5.32 Å². The van der Waals surface area contributed by atoms with E-state index in [0.29, 0.717) is 0 Å². The summed E-state index contributed by atoms with van der Waals surface area (Å²) in [5.41, 5.74) is 2.45. The first-order chi connectivity index (χ1) is 6.24. The van der Waals surface area contributed by atoms with E-state index in [4.69, 9.17) is 11.6 Å². The minimum absolute atomic E-state index is 0.845. The Bertz CT molecular complexity index is 276. The largest absolute Gasteiger partial charge is 0.312 e. The average Bonchev–Trinajstić information content (AvgIpc) is 2.12. The third kappa shape index (κ3) is 3.83. The van der Waals surface area contributed by atoms with Crippen molar-refractivity contribution in [3.8, 4) is 0 Å². The van der Waals surface area contributed by atoms with E-state index >= 15 is 0 Å². The van der Waals surface area contributed by atoms with Crippen LogP contribution in [-0.4, -0.2) is 11.0 Å². The summed E-state index contributed by atoms with van der Waals surface area (Å²) in [6.45, 7) is 4.02. The molecule has 1 aromatic carbocycles. The van der Waals surface area contributed by atoms with Crippen LogP contribution in [-0.2, 0) is 6.54 Å². The molecule has 0 aliphatic heterocycles. The smallest absolute Gasteiger partial charge is 0.0435 e. The molecular weight excluding hydrogens is 296 g/mol. The second kappa shape index (κ2) is 5.83. The minimum Gasteiger partial charge on any atom is -0.312 e. The summed E-state index contributed by atoms with van der Waals surface area (Å²) < 4.78 is 1.14. The van der Waals surface area contributed by atoms with Gasteiger partial charge in [0, 0.05) is 22.5 Å². The van der Waals surface area contributed by atoms with Gasteiger partial charge in [-0.2, -0.15) is 0 Å². The molecule has 0 unspecified atom stereocenters. The molecule has 1 aromatic rings. The van der Waals surface area contributed by atoms with Crippen LogP contribution in [0.15, 0.2) is 18.2 Å². The van der Waals surface area contributed by atoms with E-state index in [9.17, 15) is 0 Å². The highest BCUT2D eigenvalue weighted by atomic mass is 127. The quantitative estimate of drug-likeness (QED) is 0.512. The van der Waals surface area contributed by atoms with Gasteiger partial charge in [-0.25, -0.2) is 0 Å². The predicted octanol–water partition coefficient (Wildman–Crippen LogP) is 3.17. The van der Waals surface area contributed by atoms with Gasteiger partial charge in [-0.3, -0.25) is 0 Å². The highest BCUT2D eigenvalue weighted by molar-refractivity contribution is 14.1. The van der Waals surface area contributed by atoms with Crippen LogP contribution in [0.4, 0.5) is 0 Å². The SMILES string of the molecule is Cc1cc(CNCCI)ccc1Cl. The summed E-state index contributed by atoms with van der Waals surface area (Å²) in [6, 6.07) is 6.15. The number of nitrogens with one attached hydrogen (secondary N) is 1. The van der Waals surface area contributed by atoms with Crippen molar-refractivity contribution in [2.75, 3.05) is 11.0 Å². The average molecular weight is 310 g/mol. The number of benzene rings is 1. The zero-order valence-corrected chi connectivity index (χ0v) is 10.5. The highest BCUT2D eigenvalue weighted by Gasteiger charge is 1.96. The van der Waals surface area contributed by atoms with Crippen LogP contribution in [0.5, 0.6) is 0 Å². The maximum atomic E-state index is 5.92. The van der Waals surface area contributed by atoms with Gasteiger partial charge >= 0.3 is 0 Å². The Hall–Kier alpha value is 0.200. The van der Waals surface area contributed by atoms with Crippen molar-refractivity contribution in [3.05, 3.63) is 34.3 Å². The van der Waals surface area contributed by atoms with Crippen molar-refractivity contribution < 1.29 is 0 Å². The summed E-state index contributed by atoms with van der Waals surface area (Å²) in [5, 5.41) is 4.19. The topological polar surface area (TPSA) is 12.0 Å². The molecule has 0 fully saturated rings. The van der Waals surface area contributed by atoms with Crippen LogP contribution >= 0.6 is 34.2 Å². The van der Waals surface area contributed by atoms with Gasteiger partial charge in [0.05, 0.1) is 0 Å². The molecule has 0 saturated carbocycles. The highest BCUT2D eigenvalue weighted by Crippen LogP contribution is 2.15. The monoisotopic (exact) mass is 309 g/mol.